The van der Waals surface area contributed by atoms with Crippen LogP contribution in [0.1, 0.15) is 49.4 Å². The van der Waals surface area contributed by atoms with Crippen LogP contribution >= 0.6 is 11.3 Å². The van der Waals surface area contributed by atoms with Gasteiger partial charge >= 0.3 is 4.87 Å². The Morgan fingerprint density at radius 2 is 1.86 bits per heavy atom. The second kappa shape index (κ2) is 8.19. The van der Waals surface area contributed by atoms with Gasteiger partial charge in [0.15, 0.2) is 0 Å². The molecule has 150 valence electrons. The third-order valence-electron chi connectivity index (χ3n) is 4.90. The van der Waals surface area contributed by atoms with E-state index in [2.05, 4.69) is 10.8 Å². The summed E-state index contributed by atoms with van der Waals surface area (Å²) in [4.78, 5) is 12.3. The van der Waals surface area contributed by atoms with Crippen molar-refractivity contribution in [2.45, 2.75) is 58.0 Å². The average molecular weight is 419 g/mol. The van der Waals surface area contributed by atoms with Crippen molar-refractivity contribution in [2.24, 2.45) is 0 Å². The minimum atomic E-state index is -3.71. The van der Waals surface area contributed by atoms with E-state index in [4.69, 9.17) is 0 Å². The zero-order chi connectivity index (χ0) is 20.5. The van der Waals surface area contributed by atoms with E-state index < -0.39 is 10.0 Å². The number of fused-ring (bicyclic) bond motifs is 1. The Labute approximate surface area is 170 Å². The largest absolute Gasteiger partial charge is 0.308 e. The molecule has 0 saturated heterocycles. The van der Waals surface area contributed by atoms with Crippen molar-refractivity contribution in [1.29, 1.82) is 0 Å². The lowest BCUT2D eigenvalue weighted by Crippen LogP contribution is -2.28. The smallest absolute Gasteiger partial charge is 0.299 e. The van der Waals surface area contributed by atoms with Gasteiger partial charge in [-0.3, -0.25) is 9.36 Å². The highest BCUT2D eigenvalue weighted by Gasteiger charge is 2.22. The molecule has 0 bridgehead atoms. The van der Waals surface area contributed by atoms with Gasteiger partial charge in [0.1, 0.15) is 0 Å². The number of nitrogens with zero attached hydrogens (tertiary/aromatic N) is 1. The van der Waals surface area contributed by atoms with Crippen molar-refractivity contribution < 1.29 is 8.42 Å². The molecule has 1 atom stereocenters. The van der Waals surface area contributed by atoms with Crippen molar-refractivity contribution in [3.05, 3.63) is 62.8 Å². The van der Waals surface area contributed by atoms with Crippen LogP contribution in [-0.4, -0.2) is 13.0 Å². The van der Waals surface area contributed by atoms with Crippen LogP contribution < -0.4 is 9.60 Å². The molecule has 0 aliphatic carbocycles. The first-order valence-electron chi connectivity index (χ1n) is 9.49. The van der Waals surface area contributed by atoms with Crippen LogP contribution in [-0.2, 0) is 16.6 Å². The van der Waals surface area contributed by atoms with Crippen molar-refractivity contribution in [3.63, 3.8) is 0 Å². The van der Waals surface area contributed by atoms with E-state index >= 15 is 0 Å². The Morgan fingerprint density at radius 1 is 1.11 bits per heavy atom. The standard InChI is InChI=1S/C21H26N2O3S2/c1-5-11-23-19-10-8-16(13-20(19)27-21(23)24)28(25,26)22-18(6-2)17-9-7-14(3)12-15(17)4/h7-10,12-13,18,22H,5-6,11H2,1-4H3/t18-/m0/s1. The Hall–Kier alpha value is -1.96. The first-order chi connectivity index (χ1) is 13.3. The maximum atomic E-state index is 13.0. The van der Waals surface area contributed by atoms with Crippen LogP contribution in [0, 0.1) is 13.8 Å². The summed E-state index contributed by atoms with van der Waals surface area (Å²) in [5.41, 5.74) is 3.99. The summed E-state index contributed by atoms with van der Waals surface area (Å²) < 4.78 is 31.3. The zero-order valence-corrected chi connectivity index (χ0v) is 18.3. The SMILES string of the molecule is CCCn1c(=O)sc2cc(S(=O)(=O)N[C@@H](CC)c3ccc(C)cc3C)ccc21. The van der Waals surface area contributed by atoms with E-state index in [0.29, 0.717) is 17.7 Å². The molecule has 0 saturated carbocycles. The Balaban J connectivity index is 1.96. The molecule has 0 fully saturated rings. The van der Waals surface area contributed by atoms with Crippen molar-refractivity contribution >= 4 is 31.6 Å². The summed E-state index contributed by atoms with van der Waals surface area (Å²) >= 11 is 1.09. The van der Waals surface area contributed by atoms with Crippen LogP contribution in [0.3, 0.4) is 0 Å². The topological polar surface area (TPSA) is 68.2 Å². The third-order valence-corrected chi connectivity index (χ3v) is 7.31. The number of hydrogen-bond acceptors (Lipinski definition) is 4. The second-order valence-corrected chi connectivity index (χ2v) is 9.80. The molecule has 3 rings (SSSR count). The summed E-state index contributed by atoms with van der Waals surface area (Å²) in [6.45, 7) is 8.63. The fraction of sp³-hybridized carbons (Fsp3) is 0.381. The van der Waals surface area contributed by atoms with Gasteiger partial charge in [-0.15, -0.1) is 0 Å². The van der Waals surface area contributed by atoms with Crippen molar-refractivity contribution in [2.75, 3.05) is 0 Å². The molecule has 0 aliphatic heterocycles. The van der Waals surface area contributed by atoms with E-state index in [0.717, 1.165) is 40.0 Å². The normalized spacial score (nSPS) is 13.1. The third kappa shape index (κ3) is 4.06. The fourth-order valence-electron chi connectivity index (χ4n) is 3.49. The van der Waals surface area contributed by atoms with Crippen LogP contribution in [0.25, 0.3) is 10.2 Å². The maximum Gasteiger partial charge on any atom is 0.308 e. The lowest BCUT2D eigenvalue weighted by molar-refractivity contribution is 0.549. The molecule has 0 spiro atoms. The Morgan fingerprint density at radius 3 is 2.50 bits per heavy atom. The fourth-order valence-corrected chi connectivity index (χ4v) is 5.84. The van der Waals surface area contributed by atoms with Gasteiger partial charge in [-0.1, -0.05) is 48.9 Å². The van der Waals surface area contributed by atoms with Gasteiger partial charge in [0.2, 0.25) is 10.0 Å². The minimum Gasteiger partial charge on any atom is -0.299 e. The molecular formula is C21H26N2O3S2. The lowest BCUT2D eigenvalue weighted by atomic mass is 9.98. The van der Waals surface area contributed by atoms with Crippen LogP contribution in [0.15, 0.2) is 46.1 Å². The van der Waals surface area contributed by atoms with Gasteiger partial charge < -0.3 is 0 Å². The molecule has 0 amide bonds. The molecule has 0 unspecified atom stereocenters. The minimum absolute atomic E-state index is 0.0546. The maximum absolute atomic E-state index is 13.0. The molecule has 1 N–H and O–H groups in total. The molecule has 7 heteroatoms. The molecule has 1 heterocycles. The highest BCUT2D eigenvalue weighted by atomic mass is 32.2. The molecular weight excluding hydrogens is 392 g/mol. The van der Waals surface area contributed by atoms with Crippen molar-refractivity contribution in [1.82, 2.24) is 9.29 Å². The summed E-state index contributed by atoms with van der Waals surface area (Å²) in [5, 5.41) is 0. The van der Waals surface area contributed by atoms with Gasteiger partial charge in [-0.2, -0.15) is 0 Å². The first-order valence-corrected chi connectivity index (χ1v) is 11.8. The second-order valence-electron chi connectivity index (χ2n) is 7.09. The predicted molar refractivity (Wildman–Crippen MR) is 116 cm³/mol. The number of nitrogens with one attached hydrogen (secondary N) is 1. The summed E-state index contributed by atoms with van der Waals surface area (Å²) in [7, 11) is -3.71. The molecule has 1 aromatic heterocycles. The predicted octanol–water partition coefficient (Wildman–Crippen LogP) is 4.52. The number of thiazole rings is 1. The number of benzene rings is 2. The quantitative estimate of drug-likeness (QED) is 0.613. The summed E-state index contributed by atoms with van der Waals surface area (Å²) in [6.07, 6.45) is 1.49. The van der Waals surface area contributed by atoms with E-state index in [1.165, 1.54) is 0 Å². The monoisotopic (exact) mass is 418 g/mol. The van der Waals surface area contributed by atoms with Crippen LogP contribution in [0.2, 0.25) is 0 Å². The number of sulfonamides is 1. The average Bonchev–Trinajstić information content (AvgIpc) is 2.95. The zero-order valence-electron chi connectivity index (χ0n) is 16.7. The van der Waals surface area contributed by atoms with E-state index in [-0.39, 0.29) is 15.8 Å². The van der Waals surface area contributed by atoms with E-state index in [1.807, 2.05) is 39.8 Å². The van der Waals surface area contributed by atoms with E-state index in [1.54, 1.807) is 22.8 Å². The Bertz CT molecular complexity index is 1160. The van der Waals surface area contributed by atoms with Crippen LogP contribution in [0.4, 0.5) is 0 Å². The molecule has 5 nitrogen and oxygen atoms in total. The molecule has 0 aliphatic rings. The molecule has 3 aromatic rings. The van der Waals surface area contributed by atoms with Gasteiger partial charge in [0, 0.05) is 12.6 Å². The van der Waals surface area contributed by atoms with Crippen molar-refractivity contribution in [3.8, 4) is 0 Å². The Kier molecular flexibility index (Phi) is 6.07. The molecule has 2 aromatic carbocycles. The number of hydrogen-bond donors (Lipinski definition) is 1. The van der Waals surface area contributed by atoms with E-state index in [9.17, 15) is 13.2 Å². The number of aryl methyl sites for hydroxylation is 3. The lowest BCUT2D eigenvalue weighted by Gasteiger charge is -2.20. The van der Waals surface area contributed by atoms with Gasteiger partial charge in [0.25, 0.3) is 0 Å². The summed E-state index contributed by atoms with van der Waals surface area (Å²) in [6, 6.07) is 10.7. The molecule has 28 heavy (non-hydrogen) atoms. The first kappa shape index (κ1) is 20.8. The van der Waals surface area contributed by atoms with Gasteiger partial charge in [-0.05, 0) is 56.0 Å². The van der Waals surface area contributed by atoms with Gasteiger partial charge in [0.05, 0.1) is 15.1 Å². The number of rotatable bonds is 7. The molecule has 0 radical (unpaired) electrons. The summed E-state index contributed by atoms with van der Waals surface area (Å²) in [5.74, 6) is 0. The van der Waals surface area contributed by atoms with Gasteiger partial charge in [-0.25, -0.2) is 13.1 Å². The highest BCUT2D eigenvalue weighted by Crippen LogP contribution is 2.26. The van der Waals surface area contributed by atoms with Crippen LogP contribution in [0.5, 0.6) is 0 Å². The highest BCUT2D eigenvalue weighted by molar-refractivity contribution is 7.89. The number of aromatic nitrogens is 1.